The smallest absolute Gasteiger partial charge is 0.209 e. The van der Waals surface area contributed by atoms with Crippen LogP contribution in [-0.4, -0.2) is 20.7 Å². The minimum atomic E-state index is -3.35. The van der Waals surface area contributed by atoms with Gasteiger partial charge in [-0.15, -0.1) is 11.3 Å². The van der Waals surface area contributed by atoms with Gasteiger partial charge < -0.3 is 5.32 Å². The molecule has 0 aliphatic heterocycles. The van der Waals surface area contributed by atoms with Crippen molar-refractivity contribution < 1.29 is 8.42 Å². The summed E-state index contributed by atoms with van der Waals surface area (Å²) in [4.78, 5) is 1.31. The van der Waals surface area contributed by atoms with E-state index in [9.17, 15) is 8.42 Å². The predicted octanol–water partition coefficient (Wildman–Crippen LogP) is 2.54. The van der Waals surface area contributed by atoms with E-state index in [2.05, 4.69) is 37.4 Å². The average Bonchev–Trinajstić information content (AvgIpc) is 2.72. The lowest BCUT2D eigenvalue weighted by Crippen LogP contribution is -2.24. The molecule has 4 nitrogen and oxygen atoms in total. The number of fused-ring (bicyclic) bond motifs is 1. The largest absolute Gasteiger partial charge is 0.309 e. The standard InChI is InChI=1S/C14H20N2O2S2/c1-10-12-6-3-4-7-13(12)19-14(10)11(2)16-8-5-9-20(15,17)18/h3-4,6-7,11,16H,5,8-9H2,1-2H3,(H2,15,17,18). The number of nitrogens with one attached hydrogen (secondary N) is 1. The molecule has 6 heteroatoms. The van der Waals surface area contributed by atoms with Crippen LogP contribution in [0.1, 0.15) is 29.8 Å². The van der Waals surface area contributed by atoms with E-state index in [4.69, 9.17) is 5.14 Å². The number of thiophene rings is 1. The fourth-order valence-electron chi connectivity index (χ4n) is 2.29. The zero-order chi connectivity index (χ0) is 14.8. The molecule has 1 heterocycles. The van der Waals surface area contributed by atoms with Crippen molar-refractivity contribution in [3.05, 3.63) is 34.7 Å². The number of benzene rings is 1. The Labute approximate surface area is 124 Å². The van der Waals surface area contributed by atoms with Crippen molar-refractivity contribution in [1.82, 2.24) is 5.32 Å². The normalized spacial score (nSPS) is 13.8. The van der Waals surface area contributed by atoms with Crippen molar-refractivity contribution in [3.8, 4) is 0 Å². The number of rotatable bonds is 6. The van der Waals surface area contributed by atoms with E-state index < -0.39 is 10.0 Å². The molecule has 0 aliphatic rings. The average molecular weight is 312 g/mol. The van der Waals surface area contributed by atoms with Gasteiger partial charge in [-0.1, -0.05) is 18.2 Å². The first-order valence-electron chi connectivity index (χ1n) is 6.60. The SMILES string of the molecule is Cc1c(C(C)NCCCS(N)(=O)=O)sc2ccccc12. The Morgan fingerprint density at radius 3 is 2.70 bits per heavy atom. The number of primary sulfonamides is 1. The second kappa shape index (κ2) is 6.22. The van der Waals surface area contributed by atoms with Crippen molar-refractivity contribution in [1.29, 1.82) is 0 Å². The molecule has 1 atom stereocenters. The third-order valence-corrected chi connectivity index (χ3v) is 5.64. The molecule has 0 fully saturated rings. The molecule has 0 spiro atoms. The highest BCUT2D eigenvalue weighted by Crippen LogP contribution is 2.34. The topological polar surface area (TPSA) is 72.2 Å². The van der Waals surface area contributed by atoms with Crippen LogP contribution in [0.25, 0.3) is 10.1 Å². The van der Waals surface area contributed by atoms with Crippen molar-refractivity contribution in [2.45, 2.75) is 26.3 Å². The summed E-state index contributed by atoms with van der Waals surface area (Å²) in [5.74, 6) is 0.0259. The first kappa shape index (κ1) is 15.4. The molecule has 2 aromatic rings. The number of hydrogen-bond donors (Lipinski definition) is 2. The summed E-state index contributed by atoms with van der Waals surface area (Å²) in [6.07, 6.45) is 0.535. The Kier molecular flexibility index (Phi) is 4.80. The molecule has 0 saturated heterocycles. The monoisotopic (exact) mass is 312 g/mol. The molecule has 1 aromatic carbocycles. The van der Waals surface area contributed by atoms with E-state index in [1.807, 2.05) is 6.07 Å². The Balaban J connectivity index is 2.01. The van der Waals surface area contributed by atoms with Gasteiger partial charge in [0.2, 0.25) is 10.0 Å². The quantitative estimate of drug-likeness (QED) is 0.805. The second-order valence-corrected chi connectivity index (χ2v) is 7.80. The molecule has 110 valence electrons. The van der Waals surface area contributed by atoms with Crippen molar-refractivity contribution in [2.24, 2.45) is 5.14 Å². The van der Waals surface area contributed by atoms with Gasteiger partial charge in [-0.3, -0.25) is 0 Å². The van der Waals surface area contributed by atoms with Crippen LogP contribution in [-0.2, 0) is 10.0 Å². The first-order chi connectivity index (χ1) is 9.38. The Hall–Kier alpha value is -0.950. The molecule has 0 bridgehead atoms. The number of nitrogens with two attached hydrogens (primary N) is 1. The third kappa shape index (κ3) is 3.79. The molecule has 0 saturated carbocycles. The van der Waals surface area contributed by atoms with E-state index in [1.165, 1.54) is 20.5 Å². The maximum Gasteiger partial charge on any atom is 0.209 e. The van der Waals surface area contributed by atoms with E-state index in [0.29, 0.717) is 13.0 Å². The van der Waals surface area contributed by atoms with Crippen LogP contribution in [0.3, 0.4) is 0 Å². The summed E-state index contributed by atoms with van der Waals surface area (Å²) in [7, 11) is -3.35. The van der Waals surface area contributed by atoms with E-state index >= 15 is 0 Å². The fraction of sp³-hybridized carbons (Fsp3) is 0.429. The van der Waals surface area contributed by atoms with Gasteiger partial charge in [-0.05, 0) is 43.8 Å². The summed E-state index contributed by atoms with van der Waals surface area (Å²) in [6, 6.07) is 8.58. The predicted molar refractivity (Wildman–Crippen MR) is 85.6 cm³/mol. The van der Waals surface area contributed by atoms with E-state index in [-0.39, 0.29) is 11.8 Å². The van der Waals surface area contributed by atoms with Crippen LogP contribution in [0.15, 0.2) is 24.3 Å². The van der Waals surface area contributed by atoms with Crippen LogP contribution in [0, 0.1) is 6.92 Å². The lowest BCUT2D eigenvalue weighted by molar-refractivity contribution is 0.564. The minimum absolute atomic E-state index is 0.0259. The van der Waals surface area contributed by atoms with Crippen molar-refractivity contribution in [2.75, 3.05) is 12.3 Å². The molecular weight excluding hydrogens is 292 g/mol. The second-order valence-electron chi connectivity index (χ2n) is 4.98. The molecule has 0 amide bonds. The summed E-state index contributed by atoms with van der Waals surface area (Å²) in [5.41, 5.74) is 1.30. The van der Waals surface area contributed by atoms with Gasteiger partial charge >= 0.3 is 0 Å². The maximum absolute atomic E-state index is 10.9. The molecule has 3 N–H and O–H groups in total. The molecule has 0 radical (unpaired) electrons. The van der Waals surface area contributed by atoms with E-state index in [1.54, 1.807) is 11.3 Å². The number of aryl methyl sites for hydroxylation is 1. The molecule has 1 unspecified atom stereocenters. The summed E-state index contributed by atoms with van der Waals surface area (Å²) in [5, 5.41) is 9.65. The highest BCUT2D eigenvalue weighted by atomic mass is 32.2. The fourth-order valence-corrected chi connectivity index (χ4v) is 4.08. The Morgan fingerprint density at radius 1 is 1.35 bits per heavy atom. The maximum atomic E-state index is 10.9. The van der Waals surface area contributed by atoms with Crippen LogP contribution in [0.2, 0.25) is 0 Å². The molecule has 2 rings (SSSR count). The van der Waals surface area contributed by atoms with Crippen LogP contribution < -0.4 is 10.5 Å². The first-order valence-corrected chi connectivity index (χ1v) is 9.13. The highest BCUT2D eigenvalue weighted by molar-refractivity contribution is 7.89. The Morgan fingerprint density at radius 2 is 2.05 bits per heavy atom. The third-order valence-electron chi connectivity index (χ3n) is 3.33. The van der Waals surface area contributed by atoms with Gasteiger partial charge in [0.25, 0.3) is 0 Å². The van der Waals surface area contributed by atoms with Gasteiger partial charge in [-0.2, -0.15) is 0 Å². The molecule has 1 aromatic heterocycles. The molecular formula is C14H20N2O2S2. The van der Waals surface area contributed by atoms with Gasteiger partial charge in [0.05, 0.1) is 5.75 Å². The van der Waals surface area contributed by atoms with Crippen molar-refractivity contribution >= 4 is 31.4 Å². The minimum Gasteiger partial charge on any atom is -0.309 e. The lowest BCUT2D eigenvalue weighted by Gasteiger charge is -2.13. The van der Waals surface area contributed by atoms with Gasteiger partial charge in [0.15, 0.2) is 0 Å². The summed E-state index contributed by atoms with van der Waals surface area (Å²) >= 11 is 1.79. The van der Waals surface area contributed by atoms with Gasteiger partial charge in [0, 0.05) is 15.6 Å². The van der Waals surface area contributed by atoms with Gasteiger partial charge in [-0.25, -0.2) is 13.6 Å². The summed E-state index contributed by atoms with van der Waals surface area (Å²) < 4.78 is 23.0. The van der Waals surface area contributed by atoms with Crippen molar-refractivity contribution in [3.63, 3.8) is 0 Å². The zero-order valence-electron chi connectivity index (χ0n) is 11.7. The zero-order valence-corrected chi connectivity index (χ0v) is 13.4. The highest BCUT2D eigenvalue weighted by Gasteiger charge is 2.13. The van der Waals surface area contributed by atoms with Crippen LogP contribution in [0.5, 0.6) is 0 Å². The number of sulfonamides is 1. The molecule has 0 aliphatic carbocycles. The van der Waals surface area contributed by atoms with E-state index in [0.717, 1.165) is 0 Å². The summed E-state index contributed by atoms with van der Waals surface area (Å²) in [6.45, 7) is 4.89. The number of hydrogen-bond acceptors (Lipinski definition) is 4. The Bertz CT molecular complexity index is 692. The lowest BCUT2D eigenvalue weighted by atomic mass is 10.1. The molecule has 20 heavy (non-hydrogen) atoms. The van der Waals surface area contributed by atoms with Gasteiger partial charge in [0.1, 0.15) is 0 Å². The van der Waals surface area contributed by atoms with Crippen LogP contribution in [0.4, 0.5) is 0 Å². The van der Waals surface area contributed by atoms with Crippen LogP contribution >= 0.6 is 11.3 Å².